The largest absolute Gasteiger partial charge is 0.433 e. The molecule has 1 aliphatic heterocycles. The second-order valence-electron chi connectivity index (χ2n) is 8.35. The maximum atomic E-state index is 13.3. The van der Waals surface area contributed by atoms with E-state index < -0.39 is 39.0 Å². The highest BCUT2D eigenvalue weighted by molar-refractivity contribution is 7.89. The van der Waals surface area contributed by atoms with Gasteiger partial charge in [0.1, 0.15) is 17.8 Å². The number of benzene rings is 1. The Hall–Kier alpha value is -3.76. The Morgan fingerprint density at radius 2 is 1.84 bits per heavy atom. The fourth-order valence-electron chi connectivity index (χ4n) is 4.16. The van der Waals surface area contributed by atoms with Crippen molar-refractivity contribution in [3.63, 3.8) is 0 Å². The summed E-state index contributed by atoms with van der Waals surface area (Å²) in [6, 6.07) is 9.55. The van der Waals surface area contributed by atoms with E-state index in [2.05, 4.69) is 15.0 Å². The number of rotatable bonds is 7. The molecule has 1 saturated heterocycles. The van der Waals surface area contributed by atoms with Crippen molar-refractivity contribution >= 4 is 15.8 Å². The minimum Gasteiger partial charge on any atom is -0.296 e. The number of hydrogen-bond donors (Lipinski definition) is 0. The first kappa shape index (κ1) is 26.3. The van der Waals surface area contributed by atoms with Gasteiger partial charge in [0.2, 0.25) is 10.0 Å². The van der Waals surface area contributed by atoms with E-state index in [0.29, 0.717) is 11.3 Å². The van der Waals surface area contributed by atoms with Crippen LogP contribution in [0.4, 0.5) is 17.6 Å². The molecule has 3 aromatic rings. The summed E-state index contributed by atoms with van der Waals surface area (Å²) in [6.07, 6.45) is -2.24. The molecule has 4 rings (SSSR count). The van der Waals surface area contributed by atoms with Gasteiger partial charge in [0.25, 0.3) is 0 Å². The molecule has 13 heteroatoms. The van der Waals surface area contributed by atoms with Gasteiger partial charge in [-0.2, -0.15) is 22.7 Å². The van der Waals surface area contributed by atoms with E-state index in [0.717, 1.165) is 40.8 Å². The first-order valence-corrected chi connectivity index (χ1v) is 12.5. The highest BCUT2D eigenvalue weighted by atomic mass is 32.2. The van der Waals surface area contributed by atoms with Crippen LogP contribution in [0.25, 0.3) is 11.3 Å². The summed E-state index contributed by atoms with van der Waals surface area (Å²) in [6.45, 7) is -0.0441. The summed E-state index contributed by atoms with van der Waals surface area (Å²) < 4.78 is 78.8. The highest BCUT2D eigenvalue weighted by Gasteiger charge is 2.53. The minimum absolute atomic E-state index is 0.00893. The molecule has 1 fully saturated rings. The Morgan fingerprint density at radius 3 is 2.46 bits per heavy atom. The summed E-state index contributed by atoms with van der Waals surface area (Å²) in [5, 5.41) is 9.93. The topological polar surface area (TPSA) is 117 Å². The van der Waals surface area contributed by atoms with Gasteiger partial charge in [0, 0.05) is 30.4 Å². The van der Waals surface area contributed by atoms with Crippen molar-refractivity contribution in [1.29, 1.82) is 5.26 Å². The molecule has 37 heavy (non-hydrogen) atoms. The quantitative estimate of drug-likeness (QED) is 0.422. The molecular formula is C24H19F4N5O3S. The molecular weight excluding hydrogens is 514 g/mol. The average Bonchev–Trinajstić information content (AvgIpc) is 3.34. The molecule has 0 unspecified atom stereocenters. The number of nitriles is 1. The SMILES string of the molecule is N#C[C@@]1(C(=O)CCc2cc(-c3ccc(C(F)(F)F)nc3)ncn2)CCCN1S(=O)(=O)c1ccc(F)cc1. The van der Waals surface area contributed by atoms with Crippen LogP contribution >= 0.6 is 0 Å². The van der Waals surface area contributed by atoms with Crippen LogP contribution < -0.4 is 0 Å². The number of ketones is 1. The van der Waals surface area contributed by atoms with Gasteiger partial charge in [-0.1, -0.05) is 0 Å². The maximum absolute atomic E-state index is 13.3. The van der Waals surface area contributed by atoms with Crippen molar-refractivity contribution in [2.45, 2.75) is 42.3 Å². The molecule has 0 bridgehead atoms. The van der Waals surface area contributed by atoms with Gasteiger partial charge in [-0.3, -0.25) is 9.78 Å². The molecule has 1 aromatic carbocycles. The number of carbonyl (C=O) groups is 1. The fraction of sp³-hybridized carbons (Fsp3) is 0.292. The van der Waals surface area contributed by atoms with Gasteiger partial charge >= 0.3 is 6.18 Å². The third-order valence-corrected chi connectivity index (χ3v) is 8.00. The van der Waals surface area contributed by atoms with Crippen LogP contribution in [0.15, 0.2) is 59.9 Å². The number of aryl methyl sites for hydroxylation is 1. The summed E-state index contributed by atoms with van der Waals surface area (Å²) in [4.78, 5) is 24.5. The molecule has 0 amide bonds. The molecule has 1 atom stereocenters. The molecule has 0 aliphatic carbocycles. The van der Waals surface area contributed by atoms with Gasteiger partial charge in [0.05, 0.1) is 16.7 Å². The van der Waals surface area contributed by atoms with Crippen molar-refractivity contribution in [2.24, 2.45) is 0 Å². The summed E-state index contributed by atoms with van der Waals surface area (Å²) in [5.74, 6) is -1.24. The van der Waals surface area contributed by atoms with Crippen LogP contribution in [0.3, 0.4) is 0 Å². The van der Waals surface area contributed by atoms with Crippen molar-refractivity contribution in [3.05, 3.63) is 72.2 Å². The molecule has 2 aromatic heterocycles. The molecule has 8 nitrogen and oxygen atoms in total. The lowest BCUT2D eigenvalue weighted by atomic mass is 9.90. The van der Waals surface area contributed by atoms with Crippen LogP contribution in [-0.2, 0) is 27.4 Å². The second kappa shape index (κ2) is 9.95. The first-order chi connectivity index (χ1) is 17.5. The van der Waals surface area contributed by atoms with Gasteiger partial charge in [-0.15, -0.1) is 0 Å². The van der Waals surface area contributed by atoms with Crippen molar-refractivity contribution in [2.75, 3.05) is 6.54 Å². The van der Waals surface area contributed by atoms with Gasteiger partial charge in [0.15, 0.2) is 11.3 Å². The van der Waals surface area contributed by atoms with Gasteiger partial charge in [-0.25, -0.2) is 22.8 Å². The van der Waals surface area contributed by atoms with E-state index in [1.807, 2.05) is 6.07 Å². The van der Waals surface area contributed by atoms with E-state index in [1.165, 1.54) is 18.5 Å². The third-order valence-electron chi connectivity index (χ3n) is 6.06. The second-order valence-corrected chi connectivity index (χ2v) is 10.2. The maximum Gasteiger partial charge on any atom is 0.433 e. The van der Waals surface area contributed by atoms with Gasteiger partial charge < -0.3 is 0 Å². The first-order valence-electron chi connectivity index (χ1n) is 11.0. The molecule has 1 aliphatic rings. The smallest absolute Gasteiger partial charge is 0.296 e. The Balaban J connectivity index is 1.52. The zero-order valence-corrected chi connectivity index (χ0v) is 19.9. The number of carbonyl (C=O) groups excluding carboxylic acids is 1. The van der Waals surface area contributed by atoms with E-state index in [4.69, 9.17) is 0 Å². The number of Topliss-reactive ketones (excluding diaryl/α,β-unsaturated/α-hetero) is 1. The van der Waals surface area contributed by atoms with Crippen LogP contribution in [0, 0.1) is 17.1 Å². The van der Waals surface area contributed by atoms with E-state index in [-0.39, 0.29) is 42.8 Å². The number of nitrogens with zero attached hydrogens (tertiary/aromatic N) is 5. The minimum atomic E-state index is -4.58. The molecule has 3 heterocycles. The zero-order chi connectivity index (χ0) is 26.8. The monoisotopic (exact) mass is 533 g/mol. The molecule has 0 spiro atoms. The summed E-state index contributed by atoms with van der Waals surface area (Å²) in [5.41, 5.74) is -1.99. The zero-order valence-electron chi connectivity index (χ0n) is 19.1. The Bertz CT molecular complexity index is 1460. The van der Waals surface area contributed by atoms with E-state index >= 15 is 0 Å². The lowest BCUT2D eigenvalue weighted by molar-refractivity contribution is -0.141. The standard InChI is InChI=1S/C24H19F4N5O3S/c25-17-3-6-19(7-4-17)37(35,36)33-11-1-10-23(33,14-29)22(34)9-5-18-12-20(32-15-31-18)16-2-8-21(30-13-16)24(26,27)28/h2-4,6-8,12-13,15H,1,5,9-11H2/t23-/m1/s1. The number of pyridine rings is 1. The lowest BCUT2D eigenvalue weighted by Gasteiger charge is -2.30. The number of alkyl halides is 3. The normalized spacial score (nSPS) is 18.5. The van der Waals surface area contributed by atoms with Crippen LogP contribution in [0.5, 0.6) is 0 Å². The van der Waals surface area contributed by atoms with Crippen LogP contribution in [0.1, 0.15) is 30.7 Å². The van der Waals surface area contributed by atoms with Crippen molar-refractivity contribution in [1.82, 2.24) is 19.3 Å². The molecule has 0 N–H and O–H groups in total. The Morgan fingerprint density at radius 1 is 1.11 bits per heavy atom. The lowest BCUT2D eigenvalue weighted by Crippen LogP contribution is -2.52. The fourth-order valence-corrected chi connectivity index (χ4v) is 5.91. The average molecular weight is 534 g/mol. The number of halogens is 4. The number of sulfonamides is 1. The predicted octanol–water partition coefficient (Wildman–Crippen LogP) is 3.95. The van der Waals surface area contributed by atoms with Crippen LogP contribution in [0.2, 0.25) is 0 Å². The predicted molar refractivity (Wildman–Crippen MR) is 121 cm³/mol. The van der Waals surface area contributed by atoms with Crippen LogP contribution in [-0.4, -0.2) is 45.5 Å². The van der Waals surface area contributed by atoms with Crippen molar-refractivity contribution < 1.29 is 30.8 Å². The Labute approximate surface area is 209 Å². The van der Waals surface area contributed by atoms with Gasteiger partial charge in [-0.05, 0) is 61.7 Å². The molecule has 0 radical (unpaired) electrons. The van der Waals surface area contributed by atoms with E-state index in [9.17, 15) is 36.0 Å². The van der Waals surface area contributed by atoms with Crippen molar-refractivity contribution in [3.8, 4) is 17.3 Å². The van der Waals surface area contributed by atoms with E-state index in [1.54, 1.807) is 0 Å². The molecule has 192 valence electrons. The highest BCUT2D eigenvalue weighted by Crippen LogP contribution is 2.36. The molecule has 0 saturated carbocycles. The number of aromatic nitrogens is 3. The number of hydrogen-bond acceptors (Lipinski definition) is 7. The Kier molecular flexibility index (Phi) is 7.07. The third kappa shape index (κ3) is 5.21. The summed E-state index contributed by atoms with van der Waals surface area (Å²) in [7, 11) is -4.25. The summed E-state index contributed by atoms with van der Waals surface area (Å²) >= 11 is 0.